The first-order valence-corrected chi connectivity index (χ1v) is 4.46. The first-order valence-electron chi connectivity index (χ1n) is 4.46. The van der Waals surface area contributed by atoms with E-state index in [1.807, 2.05) is 5.92 Å². The van der Waals surface area contributed by atoms with E-state index in [4.69, 9.17) is 11.7 Å². The Hall–Kier alpha value is -1.87. The van der Waals surface area contributed by atoms with Crippen LogP contribution in [0.25, 0.3) is 0 Å². The first kappa shape index (κ1) is 13.1. The summed E-state index contributed by atoms with van der Waals surface area (Å²) >= 11 is 0. The number of nitriles is 1. The molecule has 78 valence electrons. The quantitative estimate of drug-likeness (QED) is 0.599. The number of nitrogens with zero attached hydrogens (tertiary/aromatic N) is 1. The van der Waals surface area contributed by atoms with Crippen molar-refractivity contribution in [2.45, 2.75) is 20.3 Å². The molecule has 0 aliphatic heterocycles. The van der Waals surface area contributed by atoms with Gasteiger partial charge in [0.05, 0.1) is 11.1 Å². The van der Waals surface area contributed by atoms with Crippen molar-refractivity contribution in [2.75, 3.05) is 0 Å². The summed E-state index contributed by atoms with van der Waals surface area (Å²) in [5, 5.41) is 8.35. The Bertz CT molecular complexity index is 376. The van der Waals surface area contributed by atoms with Gasteiger partial charge in [0.15, 0.2) is 0 Å². The molecule has 1 nitrogen and oxygen atoms in total. The van der Waals surface area contributed by atoms with Crippen LogP contribution in [-0.4, -0.2) is 0 Å². The fourth-order valence-corrected chi connectivity index (χ4v) is 0.745. The van der Waals surface area contributed by atoms with Gasteiger partial charge in [-0.25, -0.2) is 8.78 Å². The fourth-order valence-electron chi connectivity index (χ4n) is 0.745. The van der Waals surface area contributed by atoms with Gasteiger partial charge < -0.3 is 0 Å². The second-order valence-corrected chi connectivity index (χ2v) is 2.78. The zero-order valence-electron chi connectivity index (χ0n) is 8.64. The molecule has 1 aromatic rings. The van der Waals surface area contributed by atoms with E-state index in [9.17, 15) is 8.78 Å². The van der Waals surface area contributed by atoms with E-state index in [-0.39, 0.29) is 11.1 Å². The number of halogens is 2. The van der Waals surface area contributed by atoms with Gasteiger partial charge in [-0.3, -0.25) is 0 Å². The van der Waals surface area contributed by atoms with Gasteiger partial charge in [-0.2, -0.15) is 5.26 Å². The van der Waals surface area contributed by atoms with Crippen molar-refractivity contribution in [2.24, 2.45) is 0 Å². The molecule has 0 heterocycles. The maximum absolute atomic E-state index is 12.7. The zero-order chi connectivity index (χ0) is 11.8. The monoisotopic (exact) mass is 207 g/mol. The van der Waals surface area contributed by atoms with E-state index < -0.39 is 11.6 Å². The second-order valence-electron chi connectivity index (χ2n) is 2.78. The van der Waals surface area contributed by atoms with Crippen LogP contribution >= 0.6 is 0 Å². The van der Waals surface area contributed by atoms with Crippen molar-refractivity contribution in [3.05, 3.63) is 34.9 Å². The minimum atomic E-state index is -0.894. The lowest BCUT2D eigenvalue weighted by Crippen LogP contribution is -1.90. The van der Waals surface area contributed by atoms with Gasteiger partial charge in [-0.05, 0) is 6.07 Å². The van der Waals surface area contributed by atoms with Crippen molar-refractivity contribution in [3.8, 4) is 18.4 Å². The smallest absolute Gasteiger partial charge is 0.143 e. The van der Waals surface area contributed by atoms with Gasteiger partial charge in [0.1, 0.15) is 17.7 Å². The molecule has 0 amide bonds. The highest BCUT2D eigenvalue weighted by Crippen LogP contribution is 2.12. The molecule has 0 fully saturated rings. The maximum atomic E-state index is 12.7. The van der Waals surface area contributed by atoms with Crippen LogP contribution in [0.15, 0.2) is 12.1 Å². The van der Waals surface area contributed by atoms with Gasteiger partial charge >= 0.3 is 0 Å². The van der Waals surface area contributed by atoms with Crippen molar-refractivity contribution in [1.29, 1.82) is 5.26 Å². The largest absolute Gasteiger partial charge is 0.206 e. The third-order valence-corrected chi connectivity index (χ3v) is 1.33. The van der Waals surface area contributed by atoms with E-state index in [1.165, 1.54) is 6.42 Å². The lowest BCUT2D eigenvalue weighted by molar-refractivity contribution is 0.579. The molecule has 1 rings (SSSR count). The fraction of sp³-hybridized carbons (Fsp3) is 0.250. The molecular weight excluding hydrogens is 196 g/mol. The second kappa shape index (κ2) is 6.56. The molecule has 0 aromatic heterocycles. The molecule has 15 heavy (non-hydrogen) atoms. The number of rotatable bonds is 0. The van der Waals surface area contributed by atoms with Crippen molar-refractivity contribution in [1.82, 2.24) is 0 Å². The standard InChI is InChI=1S/C9H3F2N.C3H8/c1-2-6-3-7(5-12)9(11)4-8(6)10;1-3-2/h1,3-4H;3H2,1-2H3. The Balaban J connectivity index is 0.000000583. The highest BCUT2D eigenvalue weighted by Gasteiger charge is 2.06. The summed E-state index contributed by atoms with van der Waals surface area (Å²) in [6.07, 6.45) is 6.15. The molecule has 0 radical (unpaired) electrons. The predicted molar refractivity (Wildman–Crippen MR) is 55.0 cm³/mol. The third-order valence-electron chi connectivity index (χ3n) is 1.33. The first-order chi connectivity index (χ1) is 7.10. The zero-order valence-corrected chi connectivity index (χ0v) is 8.64. The Morgan fingerprint density at radius 1 is 1.20 bits per heavy atom. The van der Waals surface area contributed by atoms with Crippen LogP contribution in [0.5, 0.6) is 0 Å². The van der Waals surface area contributed by atoms with Crippen LogP contribution in [-0.2, 0) is 0 Å². The Morgan fingerprint density at radius 2 is 1.67 bits per heavy atom. The number of terminal acetylenes is 1. The summed E-state index contributed by atoms with van der Waals surface area (Å²) in [5.74, 6) is 0.285. The summed E-state index contributed by atoms with van der Waals surface area (Å²) in [5.41, 5.74) is -0.350. The maximum Gasteiger partial charge on any atom is 0.143 e. The molecule has 0 unspecified atom stereocenters. The van der Waals surface area contributed by atoms with E-state index in [1.54, 1.807) is 6.07 Å². The molecular formula is C12H11F2N. The molecule has 0 N–H and O–H groups in total. The summed E-state index contributed by atoms with van der Waals surface area (Å²) in [6.45, 7) is 4.25. The average molecular weight is 207 g/mol. The minimum Gasteiger partial charge on any atom is -0.206 e. The summed E-state index contributed by atoms with van der Waals surface area (Å²) in [6, 6.07) is 3.17. The Kier molecular flexibility index (Phi) is 5.75. The molecule has 0 saturated heterocycles. The lowest BCUT2D eigenvalue weighted by atomic mass is 10.1. The highest BCUT2D eigenvalue weighted by atomic mass is 19.1. The van der Waals surface area contributed by atoms with Crippen LogP contribution in [0.2, 0.25) is 0 Å². The van der Waals surface area contributed by atoms with Crippen LogP contribution in [0, 0.1) is 35.3 Å². The summed E-state index contributed by atoms with van der Waals surface area (Å²) in [7, 11) is 0. The third kappa shape index (κ3) is 3.79. The Labute approximate surface area is 88.3 Å². The van der Waals surface area contributed by atoms with Gasteiger partial charge in [-0.1, -0.05) is 26.2 Å². The average Bonchev–Trinajstić information content (AvgIpc) is 2.19. The van der Waals surface area contributed by atoms with Gasteiger partial charge in [-0.15, -0.1) is 6.42 Å². The van der Waals surface area contributed by atoms with Crippen LogP contribution < -0.4 is 0 Å². The van der Waals surface area contributed by atoms with E-state index in [0.717, 1.165) is 6.07 Å². The minimum absolute atomic E-state index is 0.104. The summed E-state index contributed by atoms with van der Waals surface area (Å²) in [4.78, 5) is 0. The number of benzene rings is 1. The normalized spacial score (nSPS) is 8.13. The van der Waals surface area contributed by atoms with Crippen LogP contribution in [0.3, 0.4) is 0 Å². The molecule has 1 aromatic carbocycles. The SMILES string of the molecule is C#Cc1cc(C#N)c(F)cc1F.CCC. The molecule has 0 atom stereocenters. The topological polar surface area (TPSA) is 23.8 Å². The summed E-state index contributed by atoms with van der Waals surface area (Å²) < 4.78 is 25.3. The number of hydrogen-bond donors (Lipinski definition) is 0. The van der Waals surface area contributed by atoms with Crippen molar-refractivity contribution < 1.29 is 8.78 Å². The molecule has 0 spiro atoms. The van der Waals surface area contributed by atoms with Crippen LogP contribution in [0.1, 0.15) is 31.4 Å². The van der Waals surface area contributed by atoms with Crippen molar-refractivity contribution >= 4 is 0 Å². The van der Waals surface area contributed by atoms with Gasteiger partial charge in [0, 0.05) is 6.07 Å². The van der Waals surface area contributed by atoms with E-state index in [0.29, 0.717) is 6.07 Å². The van der Waals surface area contributed by atoms with E-state index in [2.05, 4.69) is 13.8 Å². The predicted octanol–water partition coefficient (Wildman–Crippen LogP) is 3.23. The van der Waals surface area contributed by atoms with E-state index >= 15 is 0 Å². The molecule has 0 saturated carbocycles. The van der Waals surface area contributed by atoms with Gasteiger partial charge in [0.2, 0.25) is 0 Å². The molecule has 0 bridgehead atoms. The van der Waals surface area contributed by atoms with Crippen LogP contribution in [0.4, 0.5) is 8.78 Å². The Morgan fingerprint density at radius 3 is 2.07 bits per heavy atom. The lowest BCUT2D eigenvalue weighted by Gasteiger charge is -1.96. The molecule has 0 aliphatic rings. The molecule has 3 heteroatoms. The molecule has 0 aliphatic carbocycles. The number of hydrogen-bond acceptors (Lipinski definition) is 1. The van der Waals surface area contributed by atoms with Gasteiger partial charge in [0.25, 0.3) is 0 Å². The highest BCUT2D eigenvalue weighted by molar-refractivity contribution is 5.42. The van der Waals surface area contributed by atoms with Crippen molar-refractivity contribution in [3.63, 3.8) is 0 Å².